The Hall–Kier alpha value is -3.52. The maximum Gasteiger partial charge on any atom is 0.435 e. The Morgan fingerprint density at radius 3 is 2.47 bits per heavy atom. The van der Waals surface area contributed by atoms with Gasteiger partial charge in [-0.15, -0.1) is 0 Å². The summed E-state index contributed by atoms with van der Waals surface area (Å²) in [4.78, 5) is 12.7. The zero-order valence-electron chi connectivity index (χ0n) is 16.7. The van der Waals surface area contributed by atoms with E-state index in [1.807, 2.05) is 42.5 Å². The predicted molar refractivity (Wildman–Crippen MR) is 118 cm³/mol. The van der Waals surface area contributed by atoms with Gasteiger partial charge in [0.1, 0.15) is 5.69 Å². The number of fused-ring (bicyclic) bond motifs is 1. The van der Waals surface area contributed by atoms with Crippen LogP contribution in [0.5, 0.6) is 0 Å². The number of halogens is 4. The van der Waals surface area contributed by atoms with E-state index in [9.17, 15) is 18.0 Å². The van der Waals surface area contributed by atoms with Gasteiger partial charge in [-0.1, -0.05) is 60.1 Å². The van der Waals surface area contributed by atoms with E-state index < -0.39 is 17.8 Å². The third-order valence-corrected chi connectivity index (χ3v) is 5.15. The molecule has 5 nitrogen and oxygen atoms in total. The lowest BCUT2D eigenvalue weighted by molar-refractivity contribution is -0.141. The second-order valence-corrected chi connectivity index (χ2v) is 7.39. The number of amides is 1. The van der Waals surface area contributed by atoms with Crippen molar-refractivity contribution in [2.24, 2.45) is 0 Å². The molecule has 9 heteroatoms. The number of aromatic nitrogens is 2. The Bertz CT molecular complexity index is 1260. The molecule has 0 atom stereocenters. The number of hydrogen-bond donors (Lipinski definition) is 2. The summed E-state index contributed by atoms with van der Waals surface area (Å²) in [6.07, 6.45) is -4.70. The van der Waals surface area contributed by atoms with Gasteiger partial charge in [-0.2, -0.15) is 18.3 Å². The van der Waals surface area contributed by atoms with Crippen LogP contribution in [0.4, 0.5) is 18.9 Å². The number of anilines is 1. The predicted octanol–water partition coefficient (Wildman–Crippen LogP) is 5.54. The standard InChI is InChI=1S/C23H18ClF3N4O/c24-17-9-3-4-11-19(17)31-20(14-21(30-31)23(25,26)27)22(32)29-13-12-28-18-10-5-7-15-6-1-2-8-16(15)18/h1-11,14,28H,12-13H2,(H,29,32). The fourth-order valence-electron chi connectivity index (χ4n) is 3.33. The third-order valence-electron chi connectivity index (χ3n) is 4.83. The Kier molecular flexibility index (Phi) is 6.05. The monoisotopic (exact) mass is 458 g/mol. The zero-order chi connectivity index (χ0) is 22.7. The molecule has 32 heavy (non-hydrogen) atoms. The molecule has 1 heterocycles. The number of rotatable bonds is 6. The molecule has 0 aliphatic carbocycles. The van der Waals surface area contributed by atoms with Crippen molar-refractivity contribution >= 4 is 34.0 Å². The first-order valence-corrected chi connectivity index (χ1v) is 10.1. The maximum atomic E-state index is 13.2. The summed E-state index contributed by atoms with van der Waals surface area (Å²) in [5, 5.41) is 11.7. The van der Waals surface area contributed by atoms with Crippen LogP contribution >= 0.6 is 11.6 Å². The number of para-hydroxylation sites is 1. The van der Waals surface area contributed by atoms with E-state index in [2.05, 4.69) is 15.7 Å². The minimum absolute atomic E-state index is 0.177. The molecule has 0 bridgehead atoms. The van der Waals surface area contributed by atoms with Crippen LogP contribution < -0.4 is 10.6 Å². The molecule has 0 fully saturated rings. The number of nitrogens with zero attached hydrogens (tertiary/aromatic N) is 2. The van der Waals surface area contributed by atoms with Crippen LogP contribution in [-0.2, 0) is 6.18 Å². The molecule has 0 saturated carbocycles. The normalized spacial score (nSPS) is 11.5. The van der Waals surface area contributed by atoms with Crippen molar-refractivity contribution in [2.75, 3.05) is 18.4 Å². The molecule has 0 unspecified atom stereocenters. The first kappa shape index (κ1) is 21.7. The fourth-order valence-corrected chi connectivity index (χ4v) is 3.55. The molecule has 1 aromatic heterocycles. The molecule has 0 aliphatic rings. The molecule has 0 radical (unpaired) electrons. The third kappa shape index (κ3) is 4.55. The first-order chi connectivity index (χ1) is 15.3. The van der Waals surface area contributed by atoms with Gasteiger partial charge in [-0.3, -0.25) is 4.79 Å². The number of nitrogens with one attached hydrogen (secondary N) is 2. The lowest BCUT2D eigenvalue weighted by Gasteiger charge is -2.12. The van der Waals surface area contributed by atoms with E-state index in [0.29, 0.717) is 6.54 Å². The van der Waals surface area contributed by atoms with Crippen molar-refractivity contribution < 1.29 is 18.0 Å². The van der Waals surface area contributed by atoms with E-state index in [0.717, 1.165) is 27.2 Å². The molecule has 1 amide bonds. The summed E-state index contributed by atoms with van der Waals surface area (Å²) in [6.45, 7) is 0.573. The van der Waals surface area contributed by atoms with E-state index in [4.69, 9.17) is 11.6 Å². The lowest BCUT2D eigenvalue weighted by Crippen LogP contribution is -2.30. The number of hydrogen-bond acceptors (Lipinski definition) is 3. The van der Waals surface area contributed by atoms with E-state index >= 15 is 0 Å². The molecule has 0 saturated heterocycles. The molecular weight excluding hydrogens is 441 g/mol. The topological polar surface area (TPSA) is 59.0 Å². The van der Waals surface area contributed by atoms with Gasteiger partial charge < -0.3 is 10.6 Å². The average Bonchev–Trinajstić information content (AvgIpc) is 3.23. The molecule has 164 valence electrons. The van der Waals surface area contributed by atoms with Gasteiger partial charge >= 0.3 is 6.18 Å². The smallest absolute Gasteiger partial charge is 0.383 e. The Morgan fingerprint density at radius 2 is 1.69 bits per heavy atom. The van der Waals surface area contributed by atoms with Gasteiger partial charge in [0, 0.05) is 30.2 Å². The summed E-state index contributed by atoms with van der Waals surface area (Å²) < 4.78 is 40.6. The van der Waals surface area contributed by atoms with Gasteiger partial charge in [0.05, 0.1) is 10.7 Å². The highest BCUT2D eigenvalue weighted by Gasteiger charge is 2.36. The molecule has 4 rings (SSSR count). The minimum atomic E-state index is -4.70. The molecule has 3 aromatic carbocycles. The zero-order valence-corrected chi connectivity index (χ0v) is 17.4. The van der Waals surface area contributed by atoms with Gasteiger partial charge in [-0.25, -0.2) is 4.68 Å². The van der Waals surface area contributed by atoms with Gasteiger partial charge in [0.15, 0.2) is 5.69 Å². The van der Waals surface area contributed by atoms with E-state index in [-0.39, 0.29) is 22.9 Å². The van der Waals surface area contributed by atoms with Gasteiger partial charge in [-0.05, 0) is 23.6 Å². The largest absolute Gasteiger partial charge is 0.435 e. The van der Waals surface area contributed by atoms with E-state index in [1.54, 1.807) is 12.1 Å². The van der Waals surface area contributed by atoms with Crippen molar-refractivity contribution in [3.05, 3.63) is 89.2 Å². The van der Waals surface area contributed by atoms with Crippen LogP contribution in [0.2, 0.25) is 5.02 Å². The molecular formula is C23H18ClF3N4O. The van der Waals surface area contributed by atoms with Gasteiger partial charge in [0.2, 0.25) is 0 Å². The van der Waals surface area contributed by atoms with Crippen LogP contribution in [0, 0.1) is 0 Å². The van der Waals surface area contributed by atoms with Crippen LogP contribution in [0.3, 0.4) is 0 Å². The van der Waals surface area contributed by atoms with Gasteiger partial charge in [0.25, 0.3) is 5.91 Å². The Morgan fingerprint density at radius 1 is 0.969 bits per heavy atom. The number of carbonyl (C=O) groups is 1. The second kappa shape index (κ2) is 8.92. The highest BCUT2D eigenvalue weighted by atomic mass is 35.5. The quantitative estimate of drug-likeness (QED) is 0.373. The van der Waals surface area contributed by atoms with E-state index in [1.165, 1.54) is 12.1 Å². The van der Waals surface area contributed by atoms with Crippen LogP contribution in [-0.4, -0.2) is 28.8 Å². The Labute approximate surface area is 186 Å². The summed E-state index contributed by atoms with van der Waals surface area (Å²) in [5.41, 5.74) is -0.339. The molecule has 4 aromatic rings. The van der Waals surface area contributed by atoms with Crippen molar-refractivity contribution in [3.8, 4) is 5.69 Å². The highest BCUT2D eigenvalue weighted by Crippen LogP contribution is 2.31. The summed E-state index contributed by atoms with van der Waals surface area (Å²) in [5.74, 6) is -0.687. The van der Waals surface area contributed by atoms with Crippen LogP contribution in [0.15, 0.2) is 72.8 Å². The van der Waals surface area contributed by atoms with Crippen LogP contribution in [0.1, 0.15) is 16.2 Å². The molecule has 0 aliphatic heterocycles. The first-order valence-electron chi connectivity index (χ1n) is 9.76. The van der Waals surface area contributed by atoms with Crippen LogP contribution in [0.25, 0.3) is 16.5 Å². The number of benzene rings is 3. The summed E-state index contributed by atoms with van der Waals surface area (Å²) >= 11 is 6.12. The number of carbonyl (C=O) groups excluding carboxylic acids is 1. The SMILES string of the molecule is O=C(NCCNc1cccc2ccccc12)c1cc(C(F)(F)F)nn1-c1ccccc1Cl. The highest BCUT2D eigenvalue weighted by molar-refractivity contribution is 6.32. The Balaban J connectivity index is 1.49. The average molecular weight is 459 g/mol. The summed E-state index contributed by atoms with van der Waals surface area (Å²) in [6, 6.07) is 20.7. The fraction of sp³-hybridized carbons (Fsp3) is 0.130. The second-order valence-electron chi connectivity index (χ2n) is 6.99. The minimum Gasteiger partial charge on any atom is -0.383 e. The van der Waals surface area contributed by atoms with Crippen molar-refractivity contribution in [1.82, 2.24) is 15.1 Å². The lowest BCUT2D eigenvalue weighted by atomic mass is 10.1. The van der Waals surface area contributed by atoms with Crippen molar-refractivity contribution in [1.29, 1.82) is 0 Å². The van der Waals surface area contributed by atoms with Crippen molar-refractivity contribution in [3.63, 3.8) is 0 Å². The molecule has 2 N–H and O–H groups in total. The maximum absolute atomic E-state index is 13.2. The molecule has 0 spiro atoms. The summed E-state index contributed by atoms with van der Waals surface area (Å²) in [7, 11) is 0. The number of alkyl halides is 3. The van der Waals surface area contributed by atoms with Crippen molar-refractivity contribution in [2.45, 2.75) is 6.18 Å².